The zero-order valence-corrected chi connectivity index (χ0v) is 16.1. The number of halogens is 1. The van der Waals surface area contributed by atoms with Crippen molar-refractivity contribution >= 4 is 43.3 Å². The molecule has 0 N–H and O–H groups in total. The molecule has 0 saturated carbocycles. The Balaban J connectivity index is 2.48. The normalized spacial score (nSPS) is 11.0. The molecule has 0 radical (unpaired) electrons. The number of nitro groups is 1. The van der Waals surface area contributed by atoms with Crippen LogP contribution >= 0.6 is 15.9 Å². The molecule has 0 unspecified atom stereocenters. The van der Waals surface area contributed by atoms with Crippen LogP contribution in [0.4, 0.5) is 11.4 Å². The van der Waals surface area contributed by atoms with Crippen LogP contribution in [0, 0.1) is 10.1 Å². The van der Waals surface area contributed by atoms with Crippen LogP contribution in [-0.2, 0) is 19.6 Å². The summed E-state index contributed by atoms with van der Waals surface area (Å²) >= 11 is 3.26. The lowest BCUT2D eigenvalue weighted by atomic mass is 10.3. The molecule has 138 valence electrons. The minimum atomic E-state index is -4.14. The molecule has 0 aliphatic rings. The molecule has 0 fully saturated rings. The molecule has 0 aliphatic carbocycles. The number of hydrogen-bond acceptors (Lipinski definition) is 6. The number of carbonyl (C=O) groups excluding carboxylic acids is 1. The average Bonchev–Trinajstić information content (AvgIpc) is 2.60. The first-order chi connectivity index (χ1) is 12.3. The van der Waals surface area contributed by atoms with E-state index in [1.54, 1.807) is 25.1 Å². The quantitative estimate of drug-likeness (QED) is 0.370. The van der Waals surface area contributed by atoms with Crippen molar-refractivity contribution in [1.82, 2.24) is 0 Å². The third-order valence-corrected chi connectivity index (χ3v) is 5.59. The number of non-ortho nitro benzene ring substituents is 1. The maximum Gasteiger partial charge on any atom is 0.326 e. The van der Waals surface area contributed by atoms with Crippen LogP contribution in [0.3, 0.4) is 0 Å². The Kier molecular flexibility index (Phi) is 6.32. The van der Waals surface area contributed by atoms with E-state index in [9.17, 15) is 23.3 Å². The number of hydrogen-bond donors (Lipinski definition) is 0. The number of anilines is 1. The van der Waals surface area contributed by atoms with Crippen LogP contribution < -0.4 is 4.31 Å². The Labute approximate surface area is 158 Å². The number of ether oxygens (including phenoxy) is 1. The van der Waals surface area contributed by atoms with Crippen molar-refractivity contribution in [3.63, 3.8) is 0 Å². The molecule has 10 heteroatoms. The van der Waals surface area contributed by atoms with E-state index < -0.39 is 27.5 Å². The van der Waals surface area contributed by atoms with Gasteiger partial charge in [-0.15, -0.1) is 0 Å². The summed E-state index contributed by atoms with van der Waals surface area (Å²) in [6, 6.07) is 10.9. The number of esters is 1. The summed E-state index contributed by atoms with van der Waals surface area (Å²) in [5, 5.41) is 10.8. The first-order valence-corrected chi connectivity index (χ1v) is 9.67. The molecule has 2 rings (SSSR count). The van der Waals surface area contributed by atoms with Gasteiger partial charge >= 0.3 is 5.97 Å². The lowest BCUT2D eigenvalue weighted by Gasteiger charge is -2.23. The highest BCUT2D eigenvalue weighted by Gasteiger charge is 2.28. The second-order valence-electron chi connectivity index (χ2n) is 5.05. The second-order valence-corrected chi connectivity index (χ2v) is 7.83. The van der Waals surface area contributed by atoms with Gasteiger partial charge in [-0.3, -0.25) is 19.2 Å². The first kappa shape index (κ1) is 19.9. The van der Waals surface area contributed by atoms with E-state index >= 15 is 0 Å². The zero-order chi connectivity index (χ0) is 19.3. The van der Waals surface area contributed by atoms with Gasteiger partial charge in [0.1, 0.15) is 6.54 Å². The highest BCUT2D eigenvalue weighted by atomic mass is 79.9. The van der Waals surface area contributed by atoms with E-state index in [4.69, 9.17) is 4.74 Å². The largest absolute Gasteiger partial charge is 0.465 e. The van der Waals surface area contributed by atoms with Gasteiger partial charge in [0, 0.05) is 16.6 Å². The summed E-state index contributed by atoms with van der Waals surface area (Å²) in [6.07, 6.45) is 0. The lowest BCUT2D eigenvalue weighted by Crippen LogP contribution is -2.36. The van der Waals surface area contributed by atoms with Crippen molar-refractivity contribution in [2.75, 3.05) is 17.5 Å². The predicted octanol–water partition coefficient (Wildman–Crippen LogP) is 3.12. The molecule has 2 aromatic rings. The van der Waals surface area contributed by atoms with Crippen LogP contribution in [0.15, 0.2) is 57.9 Å². The highest BCUT2D eigenvalue weighted by molar-refractivity contribution is 9.10. The number of carbonyl (C=O) groups is 1. The number of rotatable bonds is 7. The van der Waals surface area contributed by atoms with Crippen molar-refractivity contribution in [1.29, 1.82) is 0 Å². The molecule has 26 heavy (non-hydrogen) atoms. The van der Waals surface area contributed by atoms with Gasteiger partial charge in [-0.2, -0.15) is 0 Å². The predicted molar refractivity (Wildman–Crippen MR) is 98.4 cm³/mol. The van der Waals surface area contributed by atoms with Gasteiger partial charge in [0.25, 0.3) is 15.7 Å². The van der Waals surface area contributed by atoms with E-state index in [0.29, 0.717) is 4.47 Å². The molecule has 0 saturated heterocycles. The SMILES string of the molecule is CCOC(=O)CN(c1cccc(Br)c1)S(=O)(=O)c1ccc([N+](=O)[O-])cc1. The van der Waals surface area contributed by atoms with Crippen molar-refractivity contribution in [3.05, 3.63) is 63.1 Å². The molecule has 8 nitrogen and oxygen atoms in total. The summed E-state index contributed by atoms with van der Waals surface area (Å²) in [5.74, 6) is -0.710. The molecule has 0 atom stereocenters. The molecule has 0 heterocycles. The topological polar surface area (TPSA) is 107 Å². The Hall–Kier alpha value is -2.46. The molecule has 0 amide bonds. The fourth-order valence-corrected chi connectivity index (χ4v) is 3.93. The third-order valence-electron chi connectivity index (χ3n) is 3.31. The Bertz CT molecular complexity index is 915. The molecular formula is C16H15BrN2O6S. The smallest absolute Gasteiger partial charge is 0.326 e. The van der Waals surface area contributed by atoms with E-state index in [1.165, 1.54) is 6.07 Å². The first-order valence-electron chi connectivity index (χ1n) is 7.44. The standard InChI is InChI=1S/C16H15BrN2O6S/c1-2-25-16(20)11-18(14-5-3-4-12(17)10-14)26(23,24)15-8-6-13(7-9-15)19(21)22/h3-10H,2,11H2,1H3. The van der Waals surface area contributed by atoms with Gasteiger partial charge in [0.15, 0.2) is 0 Å². The van der Waals surface area contributed by atoms with E-state index in [0.717, 1.165) is 28.6 Å². The van der Waals surface area contributed by atoms with E-state index in [1.807, 2.05) is 0 Å². The Morgan fingerprint density at radius 2 is 1.88 bits per heavy atom. The highest BCUT2D eigenvalue weighted by Crippen LogP contribution is 2.27. The van der Waals surface area contributed by atoms with Gasteiger partial charge in [-0.25, -0.2) is 8.42 Å². The van der Waals surface area contributed by atoms with Crippen LogP contribution in [0.1, 0.15) is 6.92 Å². The minimum Gasteiger partial charge on any atom is -0.465 e. The van der Waals surface area contributed by atoms with E-state index in [-0.39, 0.29) is 22.9 Å². The fourth-order valence-electron chi connectivity index (χ4n) is 2.14. The summed E-state index contributed by atoms with van der Waals surface area (Å²) in [6.45, 7) is 1.21. The van der Waals surface area contributed by atoms with Gasteiger partial charge in [0.2, 0.25) is 0 Å². The number of sulfonamides is 1. The molecule has 0 aromatic heterocycles. The molecule has 0 spiro atoms. The van der Waals surface area contributed by atoms with Crippen LogP contribution in [0.2, 0.25) is 0 Å². The van der Waals surface area contributed by atoms with Crippen molar-refractivity contribution in [2.24, 2.45) is 0 Å². The van der Waals surface area contributed by atoms with Crippen molar-refractivity contribution in [3.8, 4) is 0 Å². The molecule has 0 bridgehead atoms. The number of benzene rings is 2. The van der Waals surface area contributed by atoms with Crippen LogP contribution in [0.5, 0.6) is 0 Å². The van der Waals surface area contributed by atoms with Gasteiger partial charge in [-0.05, 0) is 37.3 Å². The van der Waals surface area contributed by atoms with Gasteiger partial charge in [-0.1, -0.05) is 22.0 Å². The number of nitrogens with zero attached hydrogens (tertiary/aromatic N) is 2. The average molecular weight is 443 g/mol. The van der Waals surface area contributed by atoms with Gasteiger partial charge < -0.3 is 4.74 Å². The lowest BCUT2D eigenvalue weighted by molar-refractivity contribution is -0.384. The number of nitro benzene ring substituents is 1. The molecular weight excluding hydrogens is 428 g/mol. The molecule has 0 aliphatic heterocycles. The Morgan fingerprint density at radius 3 is 2.42 bits per heavy atom. The summed E-state index contributed by atoms with van der Waals surface area (Å²) in [7, 11) is -4.14. The monoisotopic (exact) mass is 442 g/mol. The zero-order valence-electron chi connectivity index (χ0n) is 13.7. The summed E-state index contributed by atoms with van der Waals surface area (Å²) in [5.41, 5.74) is 0.0223. The van der Waals surface area contributed by atoms with Crippen molar-refractivity contribution in [2.45, 2.75) is 11.8 Å². The van der Waals surface area contributed by atoms with Crippen molar-refractivity contribution < 1.29 is 22.9 Å². The molecule has 2 aromatic carbocycles. The maximum absolute atomic E-state index is 13.0. The third kappa shape index (κ3) is 4.58. The fraction of sp³-hybridized carbons (Fsp3) is 0.188. The second kappa shape index (κ2) is 8.28. The van der Waals surface area contributed by atoms with Crippen LogP contribution in [0.25, 0.3) is 0 Å². The Morgan fingerprint density at radius 1 is 1.23 bits per heavy atom. The van der Waals surface area contributed by atoms with E-state index in [2.05, 4.69) is 15.9 Å². The summed E-state index contributed by atoms with van der Waals surface area (Å²) < 4.78 is 32.4. The van der Waals surface area contributed by atoms with Gasteiger partial charge in [0.05, 0.1) is 22.1 Å². The van der Waals surface area contributed by atoms with Crippen LogP contribution in [-0.4, -0.2) is 32.5 Å². The minimum absolute atomic E-state index is 0.114. The maximum atomic E-state index is 13.0. The summed E-state index contributed by atoms with van der Waals surface area (Å²) in [4.78, 5) is 21.9.